The van der Waals surface area contributed by atoms with Crippen LogP contribution in [-0.2, 0) is 4.74 Å². The number of nitrogens with two attached hydrogens (primary N) is 1. The molecule has 10 heteroatoms. The maximum absolute atomic E-state index is 14.9. The first kappa shape index (κ1) is 15.1. The molecule has 0 saturated carbocycles. The molecule has 6 atom stereocenters. The number of halogens is 1. The van der Waals surface area contributed by atoms with E-state index in [0.29, 0.717) is 5.84 Å². The summed E-state index contributed by atoms with van der Waals surface area (Å²) in [7, 11) is 1.59. The van der Waals surface area contributed by atoms with Crippen LogP contribution in [0.25, 0.3) is 0 Å². The maximum Gasteiger partial charge on any atom is 0.196 e. The van der Waals surface area contributed by atoms with Crippen molar-refractivity contribution in [1.29, 1.82) is 0 Å². The van der Waals surface area contributed by atoms with Crippen LogP contribution in [0.1, 0.15) is 6.92 Å². The molecule has 0 aromatic heterocycles. The summed E-state index contributed by atoms with van der Waals surface area (Å²) < 4.78 is 20.3. The van der Waals surface area contributed by atoms with Crippen LogP contribution < -0.4 is 11.1 Å². The monoisotopic (exact) mass is 314 g/mol. The molecule has 1 saturated heterocycles. The second kappa shape index (κ2) is 5.14. The first-order valence-corrected chi connectivity index (χ1v) is 6.91. The van der Waals surface area contributed by atoms with E-state index in [-0.39, 0.29) is 5.96 Å². The van der Waals surface area contributed by atoms with Crippen molar-refractivity contribution < 1.29 is 19.3 Å². The summed E-state index contributed by atoms with van der Waals surface area (Å²) in [6.45, 7) is 0.743. The Kier molecular flexibility index (Phi) is 3.54. The third-order valence-electron chi connectivity index (χ3n) is 4.16. The van der Waals surface area contributed by atoms with Gasteiger partial charge in [-0.2, -0.15) is 0 Å². The largest absolute Gasteiger partial charge is 0.394 e. The van der Waals surface area contributed by atoms with Gasteiger partial charge in [0.2, 0.25) is 0 Å². The minimum atomic E-state index is -2.09. The third kappa shape index (κ3) is 2.06. The lowest BCUT2D eigenvalue weighted by Gasteiger charge is -2.36. The van der Waals surface area contributed by atoms with Crippen molar-refractivity contribution in [3.8, 4) is 0 Å². The fourth-order valence-electron chi connectivity index (χ4n) is 2.96. The van der Waals surface area contributed by atoms with Crippen molar-refractivity contribution in [2.75, 3.05) is 13.7 Å². The quantitative estimate of drug-likeness (QED) is 0.457. The molecule has 0 aromatic rings. The van der Waals surface area contributed by atoms with E-state index in [0.717, 1.165) is 0 Å². The van der Waals surface area contributed by atoms with Gasteiger partial charge in [0.05, 0.1) is 12.9 Å². The van der Waals surface area contributed by atoms with E-state index >= 15 is 0 Å². The van der Waals surface area contributed by atoms with Gasteiger partial charge in [0.1, 0.15) is 24.1 Å². The smallest absolute Gasteiger partial charge is 0.196 e. The van der Waals surface area contributed by atoms with Crippen LogP contribution in [0.3, 0.4) is 0 Å². The number of rotatable bonds is 2. The standard InChI is InChI=1S/C12H19FN6O3/c1-12(13)7(21)5(3-20)22-10(12)19-4-16-6-8(15-2)17-11(14)18-9(6)19/h4-7,9-10,20-21H,3H2,1-2H3,(H3,14,15,17,18)/t5-,6?,7-,9?,10-,12-/m1/s1. The topological polar surface area (TPSA) is 128 Å². The molecule has 5 N–H and O–H groups in total. The Hall–Kier alpha value is -1.78. The van der Waals surface area contributed by atoms with Gasteiger partial charge in [-0.15, -0.1) is 0 Å². The van der Waals surface area contributed by atoms with Crippen LogP contribution in [0.15, 0.2) is 15.0 Å². The molecule has 0 amide bonds. The number of ether oxygens (including phenoxy) is 1. The summed E-state index contributed by atoms with van der Waals surface area (Å²) in [5.41, 5.74) is 3.63. The summed E-state index contributed by atoms with van der Waals surface area (Å²) in [5, 5.41) is 22.0. The second-order valence-electron chi connectivity index (χ2n) is 5.62. The van der Waals surface area contributed by atoms with Gasteiger partial charge in [0, 0.05) is 7.05 Å². The third-order valence-corrected chi connectivity index (χ3v) is 4.16. The van der Waals surface area contributed by atoms with Crippen LogP contribution in [0.5, 0.6) is 0 Å². The molecule has 2 unspecified atom stereocenters. The fourth-order valence-corrected chi connectivity index (χ4v) is 2.96. The van der Waals surface area contributed by atoms with Gasteiger partial charge in [-0.25, -0.2) is 9.38 Å². The first-order chi connectivity index (χ1) is 10.4. The van der Waals surface area contributed by atoms with E-state index in [1.54, 1.807) is 7.05 Å². The minimum absolute atomic E-state index is 0.148. The predicted octanol–water partition coefficient (Wildman–Crippen LogP) is -2.22. The molecule has 0 aliphatic carbocycles. The van der Waals surface area contributed by atoms with Gasteiger partial charge in [0.25, 0.3) is 0 Å². The lowest BCUT2D eigenvalue weighted by Crippen LogP contribution is -2.58. The molecule has 3 heterocycles. The van der Waals surface area contributed by atoms with E-state index in [1.807, 2.05) is 0 Å². The van der Waals surface area contributed by atoms with Crippen LogP contribution in [0.2, 0.25) is 0 Å². The van der Waals surface area contributed by atoms with E-state index in [4.69, 9.17) is 10.5 Å². The predicted molar refractivity (Wildman–Crippen MR) is 77.3 cm³/mol. The Bertz CT molecular complexity index is 551. The number of aliphatic hydroxyl groups is 2. The summed E-state index contributed by atoms with van der Waals surface area (Å²) in [4.78, 5) is 14.0. The number of hydrogen-bond acceptors (Lipinski definition) is 8. The van der Waals surface area contributed by atoms with Crippen molar-refractivity contribution in [1.82, 2.24) is 10.2 Å². The Balaban J connectivity index is 1.91. The Morgan fingerprint density at radius 2 is 2.36 bits per heavy atom. The fraction of sp³-hybridized carbons (Fsp3) is 0.750. The summed E-state index contributed by atoms with van der Waals surface area (Å²) >= 11 is 0. The zero-order valence-corrected chi connectivity index (χ0v) is 12.2. The zero-order chi connectivity index (χ0) is 16.1. The molecule has 0 aromatic carbocycles. The minimum Gasteiger partial charge on any atom is -0.394 e. The number of hydrogen-bond donors (Lipinski definition) is 4. The van der Waals surface area contributed by atoms with Gasteiger partial charge < -0.3 is 30.9 Å². The Labute approximate surface area is 126 Å². The average molecular weight is 314 g/mol. The lowest BCUT2D eigenvalue weighted by molar-refractivity contribution is -0.0858. The SMILES string of the molecule is CN=C1NC(N)=NC2C1N=CN2[C@@H]1O[C@H](CO)[C@@H](O)[C@@]1(C)F. The number of guanidine groups is 1. The van der Waals surface area contributed by atoms with Crippen molar-refractivity contribution in [2.45, 2.75) is 43.2 Å². The van der Waals surface area contributed by atoms with Gasteiger partial charge in [0.15, 0.2) is 24.0 Å². The van der Waals surface area contributed by atoms with E-state index in [1.165, 1.54) is 18.2 Å². The van der Waals surface area contributed by atoms with Gasteiger partial charge in [-0.1, -0.05) is 0 Å². The Morgan fingerprint density at radius 3 is 2.95 bits per heavy atom. The number of nitrogens with one attached hydrogen (secondary N) is 1. The molecule has 3 aliphatic heterocycles. The van der Waals surface area contributed by atoms with E-state index < -0.39 is 42.9 Å². The molecule has 9 nitrogen and oxygen atoms in total. The molecule has 0 bridgehead atoms. The highest BCUT2D eigenvalue weighted by atomic mass is 19.1. The van der Waals surface area contributed by atoms with Crippen molar-refractivity contribution in [2.24, 2.45) is 20.7 Å². The van der Waals surface area contributed by atoms with Crippen molar-refractivity contribution in [3.05, 3.63) is 0 Å². The number of fused-ring (bicyclic) bond motifs is 1. The molecular weight excluding hydrogens is 295 g/mol. The molecule has 22 heavy (non-hydrogen) atoms. The molecule has 3 rings (SSSR count). The highest BCUT2D eigenvalue weighted by molar-refractivity contribution is 6.05. The van der Waals surface area contributed by atoms with Crippen LogP contribution >= 0.6 is 0 Å². The highest BCUT2D eigenvalue weighted by Crippen LogP contribution is 2.38. The number of nitrogens with zero attached hydrogens (tertiary/aromatic N) is 4. The molecule has 0 spiro atoms. The number of aliphatic hydroxyl groups excluding tert-OH is 2. The average Bonchev–Trinajstić information content (AvgIpc) is 2.98. The summed E-state index contributed by atoms with van der Waals surface area (Å²) in [6, 6.07) is -0.443. The van der Waals surface area contributed by atoms with Crippen LogP contribution in [0, 0.1) is 0 Å². The molecule has 1 fully saturated rings. The zero-order valence-electron chi connectivity index (χ0n) is 12.2. The van der Waals surface area contributed by atoms with Crippen LogP contribution in [0.4, 0.5) is 4.39 Å². The number of alkyl halides is 1. The highest BCUT2D eigenvalue weighted by Gasteiger charge is 2.58. The van der Waals surface area contributed by atoms with Gasteiger partial charge >= 0.3 is 0 Å². The van der Waals surface area contributed by atoms with Gasteiger partial charge in [-0.05, 0) is 6.92 Å². The van der Waals surface area contributed by atoms with E-state index in [9.17, 15) is 14.6 Å². The first-order valence-electron chi connectivity index (χ1n) is 6.91. The van der Waals surface area contributed by atoms with Crippen LogP contribution in [-0.4, -0.2) is 83.2 Å². The number of amidine groups is 1. The maximum atomic E-state index is 14.9. The molecular formula is C12H19FN6O3. The normalized spacial score (nSPS) is 45.9. The summed E-state index contributed by atoms with van der Waals surface area (Å²) in [5.74, 6) is 0.671. The second-order valence-corrected chi connectivity index (χ2v) is 5.62. The summed E-state index contributed by atoms with van der Waals surface area (Å²) in [6.07, 6.45) is -2.78. The number of aliphatic imine (C=N–C) groups is 3. The lowest BCUT2D eigenvalue weighted by atomic mass is 9.97. The van der Waals surface area contributed by atoms with Gasteiger partial charge in [-0.3, -0.25) is 9.98 Å². The Morgan fingerprint density at radius 1 is 1.64 bits per heavy atom. The van der Waals surface area contributed by atoms with E-state index in [2.05, 4.69) is 20.3 Å². The molecule has 0 radical (unpaired) electrons. The molecule has 3 aliphatic rings. The van der Waals surface area contributed by atoms with Crippen molar-refractivity contribution in [3.63, 3.8) is 0 Å². The molecule has 122 valence electrons. The van der Waals surface area contributed by atoms with Crippen molar-refractivity contribution >= 4 is 18.1 Å².